The van der Waals surface area contributed by atoms with E-state index >= 15 is 0 Å². The molecule has 0 radical (unpaired) electrons. The number of hydrogen-bond donors (Lipinski definition) is 1. The second-order valence-corrected chi connectivity index (χ2v) is 3.26. The van der Waals surface area contributed by atoms with Crippen LogP contribution >= 0.6 is 0 Å². The normalized spacial score (nSPS) is 15.9. The summed E-state index contributed by atoms with van der Waals surface area (Å²) in [4.78, 5) is 27.4. The van der Waals surface area contributed by atoms with E-state index in [9.17, 15) is 9.59 Å². The molecule has 1 aromatic heterocycles. The number of amides is 3. The van der Waals surface area contributed by atoms with Gasteiger partial charge in [-0.05, 0) is 6.92 Å². The molecule has 0 aromatic carbocycles. The lowest BCUT2D eigenvalue weighted by Gasteiger charge is -2.10. The summed E-state index contributed by atoms with van der Waals surface area (Å²) in [7, 11) is 0. The van der Waals surface area contributed by atoms with E-state index in [0.29, 0.717) is 24.7 Å². The average molecular weight is 210 g/mol. The van der Waals surface area contributed by atoms with E-state index in [4.69, 9.17) is 4.52 Å². The Bertz CT molecular complexity index is 400. The Kier molecular flexibility index (Phi) is 2.36. The van der Waals surface area contributed by atoms with Gasteiger partial charge in [0, 0.05) is 13.0 Å². The van der Waals surface area contributed by atoms with E-state index < -0.39 is 0 Å². The zero-order valence-corrected chi connectivity index (χ0v) is 8.19. The van der Waals surface area contributed by atoms with Crippen LogP contribution in [-0.2, 0) is 11.2 Å². The molecular formula is C8H10N4O3. The second-order valence-electron chi connectivity index (χ2n) is 3.26. The molecule has 0 spiro atoms. The predicted molar refractivity (Wildman–Crippen MR) is 47.9 cm³/mol. The number of urea groups is 1. The summed E-state index contributed by atoms with van der Waals surface area (Å²) in [6.07, 6.45) is 0.460. The largest absolute Gasteiger partial charge is 0.339 e. The first-order chi connectivity index (χ1) is 7.15. The summed E-state index contributed by atoms with van der Waals surface area (Å²) in [5, 5.41) is 5.81. The Morgan fingerprint density at radius 3 is 2.87 bits per heavy atom. The maximum absolute atomic E-state index is 11.1. The fourth-order valence-corrected chi connectivity index (χ4v) is 1.34. The number of aromatic nitrogens is 2. The predicted octanol–water partition coefficient (Wildman–Crippen LogP) is -0.528. The number of carbonyl (C=O) groups excluding carboxylic acids is 2. The first-order valence-electron chi connectivity index (χ1n) is 4.53. The molecule has 2 rings (SSSR count). The van der Waals surface area contributed by atoms with Crippen LogP contribution in [0.1, 0.15) is 11.7 Å². The molecule has 0 aliphatic carbocycles. The Labute approximate surface area is 85.4 Å². The molecule has 0 saturated carbocycles. The van der Waals surface area contributed by atoms with Crippen LogP contribution in [0, 0.1) is 6.92 Å². The van der Waals surface area contributed by atoms with Crippen molar-refractivity contribution in [3.8, 4) is 0 Å². The van der Waals surface area contributed by atoms with Gasteiger partial charge >= 0.3 is 6.03 Å². The number of aryl methyl sites for hydroxylation is 1. The number of nitrogens with one attached hydrogen (secondary N) is 1. The van der Waals surface area contributed by atoms with E-state index in [-0.39, 0.29) is 18.5 Å². The van der Waals surface area contributed by atoms with E-state index in [1.807, 2.05) is 0 Å². The molecule has 80 valence electrons. The van der Waals surface area contributed by atoms with E-state index in [0.717, 1.165) is 0 Å². The van der Waals surface area contributed by atoms with Gasteiger partial charge in [-0.2, -0.15) is 4.98 Å². The Morgan fingerprint density at radius 2 is 2.33 bits per heavy atom. The number of imide groups is 1. The molecule has 3 amide bonds. The van der Waals surface area contributed by atoms with Crippen LogP contribution in [0.4, 0.5) is 4.79 Å². The summed E-state index contributed by atoms with van der Waals surface area (Å²) in [5.41, 5.74) is 0. The summed E-state index contributed by atoms with van der Waals surface area (Å²) in [5.74, 6) is 0.758. The minimum absolute atomic E-state index is 0.103. The monoisotopic (exact) mass is 210 g/mol. The van der Waals surface area contributed by atoms with Gasteiger partial charge in [0.2, 0.25) is 11.8 Å². The Morgan fingerprint density at radius 1 is 1.53 bits per heavy atom. The summed E-state index contributed by atoms with van der Waals surface area (Å²) >= 11 is 0. The third-order valence-electron chi connectivity index (χ3n) is 2.03. The van der Waals surface area contributed by atoms with Gasteiger partial charge in [-0.25, -0.2) is 4.79 Å². The quantitative estimate of drug-likeness (QED) is 0.677. The second kappa shape index (κ2) is 3.68. The van der Waals surface area contributed by atoms with E-state index in [2.05, 4.69) is 15.5 Å². The van der Waals surface area contributed by atoms with Crippen LogP contribution in [0.5, 0.6) is 0 Å². The average Bonchev–Trinajstić information content (AvgIpc) is 2.70. The molecule has 2 heterocycles. The van der Waals surface area contributed by atoms with Gasteiger partial charge < -0.3 is 9.42 Å². The molecule has 1 fully saturated rings. The zero-order chi connectivity index (χ0) is 10.8. The molecule has 0 atom stereocenters. The molecular weight excluding hydrogens is 200 g/mol. The first kappa shape index (κ1) is 9.63. The number of rotatable bonds is 3. The molecule has 7 nitrogen and oxygen atoms in total. The van der Waals surface area contributed by atoms with Crippen LogP contribution in [-0.4, -0.2) is 40.1 Å². The topological polar surface area (TPSA) is 88.3 Å². The minimum Gasteiger partial charge on any atom is -0.339 e. The lowest BCUT2D eigenvalue weighted by Crippen LogP contribution is -2.30. The maximum atomic E-state index is 11.1. The highest BCUT2D eigenvalue weighted by Gasteiger charge is 2.26. The minimum atomic E-state index is -0.365. The molecule has 0 bridgehead atoms. The molecule has 7 heteroatoms. The van der Waals surface area contributed by atoms with Crippen LogP contribution in [0.25, 0.3) is 0 Å². The van der Waals surface area contributed by atoms with Crippen molar-refractivity contribution >= 4 is 11.9 Å². The van der Waals surface area contributed by atoms with Gasteiger partial charge in [-0.15, -0.1) is 0 Å². The van der Waals surface area contributed by atoms with Gasteiger partial charge in [0.25, 0.3) is 0 Å². The summed E-state index contributed by atoms with van der Waals surface area (Å²) < 4.78 is 4.88. The van der Waals surface area contributed by atoms with Crippen molar-refractivity contribution in [2.75, 3.05) is 13.1 Å². The fourth-order valence-electron chi connectivity index (χ4n) is 1.34. The van der Waals surface area contributed by atoms with Crippen molar-refractivity contribution in [2.24, 2.45) is 0 Å². The van der Waals surface area contributed by atoms with Gasteiger partial charge in [-0.3, -0.25) is 10.1 Å². The molecule has 1 aromatic rings. The number of hydrogen-bond acceptors (Lipinski definition) is 5. The first-order valence-corrected chi connectivity index (χ1v) is 4.53. The van der Waals surface area contributed by atoms with Gasteiger partial charge in [0.05, 0.1) is 0 Å². The van der Waals surface area contributed by atoms with Gasteiger partial charge in [0.1, 0.15) is 6.54 Å². The van der Waals surface area contributed by atoms with E-state index in [1.165, 1.54) is 4.90 Å². The summed E-state index contributed by atoms with van der Waals surface area (Å²) in [6.45, 7) is 2.23. The Balaban J connectivity index is 1.88. The molecule has 0 unspecified atom stereocenters. The Hall–Kier alpha value is -1.92. The molecule has 1 N–H and O–H groups in total. The third kappa shape index (κ3) is 2.12. The highest BCUT2D eigenvalue weighted by atomic mass is 16.5. The fraction of sp³-hybridized carbons (Fsp3) is 0.500. The van der Waals surface area contributed by atoms with Crippen LogP contribution < -0.4 is 5.32 Å². The number of carbonyl (C=O) groups is 2. The van der Waals surface area contributed by atoms with E-state index in [1.54, 1.807) is 6.92 Å². The smallest absolute Gasteiger partial charge is 0.324 e. The highest BCUT2D eigenvalue weighted by Crippen LogP contribution is 2.02. The molecule has 1 saturated heterocycles. The highest BCUT2D eigenvalue weighted by molar-refractivity contribution is 6.01. The van der Waals surface area contributed by atoms with Crippen LogP contribution in [0.15, 0.2) is 4.52 Å². The third-order valence-corrected chi connectivity index (χ3v) is 2.03. The SMILES string of the molecule is Cc1noc(CCN2CC(=O)NC2=O)n1. The maximum Gasteiger partial charge on any atom is 0.324 e. The van der Waals surface area contributed by atoms with Crippen molar-refractivity contribution in [1.82, 2.24) is 20.4 Å². The molecule has 15 heavy (non-hydrogen) atoms. The van der Waals surface area contributed by atoms with Gasteiger partial charge in [-0.1, -0.05) is 5.16 Å². The standard InChI is InChI=1S/C8H10N4O3/c1-5-9-7(15-11-5)2-3-12-4-6(13)10-8(12)14/h2-4H2,1H3,(H,10,13,14). The lowest BCUT2D eigenvalue weighted by atomic mass is 10.4. The molecule has 1 aliphatic heterocycles. The van der Waals surface area contributed by atoms with Crippen molar-refractivity contribution in [1.29, 1.82) is 0 Å². The van der Waals surface area contributed by atoms with Crippen molar-refractivity contribution in [3.05, 3.63) is 11.7 Å². The molecule has 1 aliphatic rings. The van der Waals surface area contributed by atoms with Gasteiger partial charge in [0.15, 0.2) is 5.82 Å². The van der Waals surface area contributed by atoms with Crippen molar-refractivity contribution in [3.63, 3.8) is 0 Å². The summed E-state index contributed by atoms with van der Waals surface area (Å²) in [6, 6.07) is -0.365. The zero-order valence-electron chi connectivity index (χ0n) is 8.19. The van der Waals surface area contributed by atoms with Crippen LogP contribution in [0.2, 0.25) is 0 Å². The number of nitrogens with zero attached hydrogens (tertiary/aromatic N) is 3. The van der Waals surface area contributed by atoms with Crippen LogP contribution in [0.3, 0.4) is 0 Å². The van der Waals surface area contributed by atoms with Crippen molar-refractivity contribution in [2.45, 2.75) is 13.3 Å². The lowest BCUT2D eigenvalue weighted by molar-refractivity contribution is -0.118. The van der Waals surface area contributed by atoms with Crippen molar-refractivity contribution < 1.29 is 14.1 Å².